The van der Waals surface area contributed by atoms with Crippen LogP contribution in [0.4, 0.5) is 13.2 Å². The van der Waals surface area contributed by atoms with E-state index in [0.29, 0.717) is 24.0 Å². The number of carbonyl (C=O) groups is 1. The maximum Gasteiger partial charge on any atom is 0.573 e. The minimum atomic E-state index is -4.77. The minimum Gasteiger partial charge on any atom is -0.494 e. The van der Waals surface area contributed by atoms with Gasteiger partial charge in [0.1, 0.15) is 17.2 Å². The van der Waals surface area contributed by atoms with E-state index in [2.05, 4.69) is 4.74 Å². The Labute approximate surface area is 160 Å². The van der Waals surface area contributed by atoms with E-state index in [1.165, 1.54) is 12.1 Å². The first-order valence-electron chi connectivity index (χ1n) is 8.81. The standard InChI is InChI=1S/C20H19F3O5/c21-20(22,23)28-17-10-8-16(9-11-17)27-19(24)14-4-6-15(7-5-14)25-12-2-1-3-18-13-26-18/h4-11,18H,1-3,12-13H2. The Morgan fingerprint density at radius 1 is 0.964 bits per heavy atom. The summed E-state index contributed by atoms with van der Waals surface area (Å²) in [4.78, 5) is 12.1. The number of benzene rings is 2. The van der Waals surface area contributed by atoms with Crippen molar-refractivity contribution in [2.24, 2.45) is 0 Å². The number of carbonyl (C=O) groups excluding carboxylic acids is 1. The van der Waals surface area contributed by atoms with Crippen LogP contribution in [0.2, 0.25) is 0 Å². The molecule has 0 N–H and O–H groups in total. The van der Waals surface area contributed by atoms with Gasteiger partial charge in [0.05, 0.1) is 24.9 Å². The highest BCUT2D eigenvalue weighted by Gasteiger charge is 2.31. The van der Waals surface area contributed by atoms with Gasteiger partial charge in [-0.3, -0.25) is 0 Å². The Bertz CT molecular complexity index is 768. The molecule has 1 fully saturated rings. The van der Waals surface area contributed by atoms with Crippen molar-refractivity contribution in [3.8, 4) is 17.2 Å². The van der Waals surface area contributed by atoms with Crippen LogP contribution < -0.4 is 14.2 Å². The van der Waals surface area contributed by atoms with E-state index in [0.717, 1.165) is 38.0 Å². The first-order valence-corrected chi connectivity index (χ1v) is 8.81. The molecule has 1 aliphatic rings. The fourth-order valence-electron chi connectivity index (χ4n) is 2.46. The van der Waals surface area contributed by atoms with Crippen molar-refractivity contribution in [1.29, 1.82) is 0 Å². The summed E-state index contributed by atoms with van der Waals surface area (Å²) in [6, 6.07) is 11.1. The average molecular weight is 396 g/mol. The molecule has 0 saturated carbocycles. The van der Waals surface area contributed by atoms with E-state index in [4.69, 9.17) is 14.2 Å². The van der Waals surface area contributed by atoms with Crippen LogP contribution in [0.25, 0.3) is 0 Å². The third-order valence-electron chi connectivity index (χ3n) is 3.95. The number of rotatable bonds is 9. The molecule has 1 aliphatic heterocycles. The largest absolute Gasteiger partial charge is 0.573 e. The summed E-state index contributed by atoms with van der Waals surface area (Å²) in [7, 11) is 0. The molecule has 8 heteroatoms. The van der Waals surface area contributed by atoms with Crippen LogP contribution in [-0.4, -0.2) is 31.6 Å². The van der Waals surface area contributed by atoms with E-state index in [9.17, 15) is 18.0 Å². The molecule has 5 nitrogen and oxygen atoms in total. The number of esters is 1. The highest BCUT2D eigenvalue weighted by Crippen LogP contribution is 2.25. The van der Waals surface area contributed by atoms with Crippen LogP contribution >= 0.6 is 0 Å². The number of epoxide rings is 1. The van der Waals surface area contributed by atoms with Gasteiger partial charge in [-0.2, -0.15) is 0 Å². The van der Waals surface area contributed by atoms with Crippen LogP contribution in [0.15, 0.2) is 48.5 Å². The Hall–Kier alpha value is -2.74. The predicted molar refractivity (Wildman–Crippen MR) is 93.6 cm³/mol. The van der Waals surface area contributed by atoms with Crippen molar-refractivity contribution in [3.05, 3.63) is 54.1 Å². The van der Waals surface area contributed by atoms with Gasteiger partial charge in [-0.1, -0.05) is 0 Å². The number of hydrogen-bond acceptors (Lipinski definition) is 5. The number of ether oxygens (including phenoxy) is 4. The molecule has 2 aromatic carbocycles. The maximum atomic E-state index is 12.1. The second-order valence-electron chi connectivity index (χ2n) is 6.23. The average Bonchev–Trinajstić information content (AvgIpc) is 3.47. The topological polar surface area (TPSA) is 57.3 Å². The Morgan fingerprint density at radius 2 is 1.57 bits per heavy atom. The first-order chi connectivity index (χ1) is 13.4. The summed E-state index contributed by atoms with van der Waals surface area (Å²) < 4.78 is 56.1. The molecule has 0 spiro atoms. The molecule has 0 amide bonds. The summed E-state index contributed by atoms with van der Waals surface area (Å²) in [6.45, 7) is 1.45. The van der Waals surface area contributed by atoms with Crippen molar-refractivity contribution in [3.63, 3.8) is 0 Å². The molecule has 0 aliphatic carbocycles. The van der Waals surface area contributed by atoms with Crippen molar-refractivity contribution >= 4 is 5.97 Å². The van der Waals surface area contributed by atoms with Gasteiger partial charge in [0.15, 0.2) is 0 Å². The van der Waals surface area contributed by atoms with Gasteiger partial charge < -0.3 is 18.9 Å². The van der Waals surface area contributed by atoms with E-state index < -0.39 is 18.1 Å². The van der Waals surface area contributed by atoms with Gasteiger partial charge >= 0.3 is 12.3 Å². The first kappa shape index (κ1) is 20.0. The fourth-order valence-corrected chi connectivity index (χ4v) is 2.46. The highest BCUT2D eigenvalue weighted by molar-refractivity contribution is 5.91. The second kappa shape index (κ2) is 8.97. The molecule has 0 radical (unpaired) electrons. The highest BCUT2D eigenvalue weighted by atomic mass is 19.4. The zero-order valence-corrected chi connectivity index (χ0v) is 14.9. The fraction of sp³-hybridized carbons (Fsp3) is 0.350. The van der Waals surface area contributed by atoms with E-state index >= 15 is 0 Å². The van der Waals surface area contributed by atoms with Crippen molar-refractivity contribution in [2.75, 3.05) is 13.2 Å². The normalized spacial score (nSPS) is 15.8. The van der Waals surface area contributed by atoms with Crippen molar-refractivity contribution < 1.29 is 36.9 Å². The zero-order chi connectivity index (χ0) is 20.0. The Kier molecular flexibility index (Phi) is 6.41. The molecule has 28 heavy (non-hydrogen) atoms. The van der Waals surface area contributed by atoms with Crippen LogP contribution in [0.3, 0.4) is 0 Å². The lowest BCUT2D eigenvalue weighted by atomic mass is 10.2. The number of unbranched alkanes of at least 4 members (excludes halogenated alkanes) is 1. The maximum absolute atomic E-state index is 12.1. The minimum absolute atomic E-state index is 0.111. The molecule has 3 rings (SSSR count). The molecule has 1 heterocycles. The van der Waals surface area contributed by atoms with Crippen LogP contribution in [0.1, 0.15) is 29.6 Å². The van der Waals surface area contributed by atoms with Gasteiger partial charge in [0.25, 0.3) is 0 Å². The van der Waals surface area contributed by atoms with Gasteiger partial charge in [-0.25, -0.2) is 4.79 Å². The molecule has 0 bridgehead atoms. The molecule has 150 valence electrons. The Morgan fingerprint density at radius 3 is 2.18 bits per heavy atom. The lowest BCUT2D eigenvalue weighted by Crippen LogP contribution is -2.17. The van der Waals surface area contributed by atoms with E-state index in [1.54, 1.807) is 24.3 Å². The predicted octanol–water partition coefficient (Wildman–Crippen LogP) is 4.75. The SMILES string of the molecule is O=C(Oc1ccc(OC(F)(F)F)cc1)c1ccc(OCCCCC2CO2)cc1. The van der Waals surface area contributed by atoms with Gasteiger partial charge in [-0.05, 0) is 67.8 Å². The van der Waals surface area contributed by atoms with Crippen LogP contribution in [0.5, 0.6) is 17.2 Å². The molecule has 1 atom stereocenters. The molecular weight excluding hydrogens is 377 g/mol. The van der Waals surface area contributed by atoms with Gasteiger partial charge in [0.2, 0.25) is 0 Å². The number of alkyl halides is 3. The van der Waals surface area contributed by atoms with Crippen molar-refractivity contribution in [2.45, 2.75) is 31.7 Å². The number of halogens is 3. The Balaban J connectivity index is 1.44. The van der Waals surface area contributed by atoms with Crippen LogP contribution in [0, 0.1) is 0 Å². The molecule has 2 aromatic rings. The molecule has 1 saturated heterocycles. The summed E-state index contributed by atoms with van der Waals surface area (Å²) in [5.41, 5.74) is 0.300. The van der Waals surface area contributed by atoms with E-state index in [-0.39, 0.29) is 5.75 Å². The molecule has 0 aromatic heterocycles. The summed E-state index contributed by atoms with van der Waals surface area (Å²) in [5, 5.41) is 0. The van der Waals surface area contributed by atoms with E-state index in [1.807, 2.05) is 0 Å². The van der Waals surface area contributed by atoms with Gasteiger partial charge in [-0.15, -0.1) is 13.2 Å². The van der Waals surface area contributed by atoms with Crippen molar-refractivity contribution in [1.82, 2.24) is 0 Å². The number of hydrogen-bond donors (Lipinski definition) is 0. The summed E-state index contributed by atoms with van der Waals surface area (Å²) in [5.74, 6) is -0.258. The summed E-state index contributed by atoms with van der Waals surface area (Å²) >= 11 is 0. The zero-order valence-electron chi connectivity index (χ0n) is 14.9. The third-order valence-corrected chi connectivity index (χ3v) is 3.95. The van der Waals surface area contributed by atoms with Gasteiger partial charge in [0, 0.05) is 0 Å². The third kappa shape index (κ3) is 6.77. The summed E-state index contributed by atoms with van der Waals surface area (Å²) in [6.07, 6.45) is -1.32. The smallest absolute Gasteiger partial charge is 0.494 e. The lowest BCUT2D eigenvalue weighted by molar-refractivity contribution is -0.274. The second-order valence-corrected chi connectivity index (χ2v) is 6.23. The quantitative estimate of drug-likeness (QED) is 0.265. The lowest BCUT2D eigenvalue weighted by Gasteiger charge is -2.10. The monoisotopic (exact) mass is 396 g/mol. The van der Waals surface area contributed by atoms with Crippen LogP contribution in [-0.2, 0) is 4.74 Å². The molecule has 1 unspecified atom stereocenters. The molecular formula is C20H19F3O5.